The summed E-state index contributed by atoms with van der Waals surface area (Å²) in [5.74, 6) is -1.41. The van der Waals surface area contributed by atoms with Gasteiger partial charge >= 0.3 is 12.1 Å². The van der Waals surface area contributed by atoms with E-state index in [9.17, 15) is 19.5 Å². The number of carbonyl (C=O) groups is 3. The van der Waals surface area contributed by atoms with E-state index >= 15 is 0 Å². The first-order valence-corrected chi connectivity index (χ1v) is 13.1. The van der Waals surface area contributed by atoms with Crippen LogP contribution < -0.4 is 5.32 Å². The molecule has 7 nitrogen and oxygen atoms in total. The molecule has 2 aliphatic rings. The van der Waals surface area contributed by atoms with E-state index in [2.05, 4.69) is 29.6 Å². The smallest absolute Gasteiger partial charge is 0.407 e. The molecule has 0 saturated heterocycles. The van der Waals surface area contributed by atoms with Crippen LogP contribution in [0, 0.1) is 0 Å². The Morgan fingerprint density at radius 3 is 2.05 bits per heavy atom. The van der Waals surface area contributed by atoms with Crippen LogP contribution in [0.5, 0.6) is 0 Å². The lowest BCUT2D eigenvalue weighted by Crippen LogP contribution is -2.50. The van der Waals surface area contributed by atoms with Gasteiger partial charge in [0.1, 0.15) is 13.2 Å². The number of ether oxygens (including phenoxy) is 1. The highest BCUT2D eigenvalue weighted by atomic mass is 16.5. The number of alkyl carbamates (subject to hydrolysis) is 1. The Labute approximate surface area is 222 Å². The zero-order valence-electron chi connectivity index (χ0n) is 21.3. The molecule has 3 aromatic carbocycles. The van der Waals surface area contributed by atoms with Gasteiger partial charge < -0.3 is 20.1 Å². The SMILES string of the molecule is O=C(O)CN(Cc1ccccc1)C(=O)CC1(NC(=O)OCC2c3ccccc3-c3ccccc32)CCCC1. The lowest BCUT2D eigenvalue weighted by molar-refractivity contribution is -0.145. The van der Waals surface area contributed by atoms with Gasteiger partial charge in [-0.15, -0.1) is 0 Å². The van der Waals surface area contributed by atoms with Crippen molar-refractivity contribution in [3.63, 3.8) is 0 Å². The molecular weight excluding hydrogens is 480 g/mol. The number of fused-ring (bicyclic) bond motifs is 3. The van der Waals surface area contributed by atoms with Crippen molar-refractivity contribution >= 4 is 18.0 Å². The number of hydrogen-bond acceptors (Lipinski definition) is 4. The largest absolute Gasteiger partial charge is 0.480 e. The summed E-state index contributed by atoms with van der Waals surface area (Å²) in [5, 5.41) is 12.4. The molecule has 1 fully saturated rings. The molecule has 38 heavy (non-hydrogen) atoms. The molecule has 0 bridgehead atoms. The number of benzene rings is 3. The fourth-order valence-electron chi connectivity index (χ4n) is 5.85. The Hall–Kier alpha value is -4.13. The summed E-state index contributed by atoms with van der Waals surface area (Å²) < 4.78 is 5.76. The molecule has 0 atom stereocenters. The number of carboxylic acid groups (broad SMARTS) is 1. The van der Waals surface area contributed by atoms with Crippen molar-refractivity contribution in [2.45, 2.75) is 50.1 Å². The number of hydrogen-bond donors (Lipinski definition) is 2. The molecule has 0 aliphatic heterocycles. The minimum Gasteiger partial charge on any atom is -0.480 e. The van der Waals surface area contributed by atoms with Gasteiger partial charge in [0.15, 0.2) is 0 Å². The molecule has 2 aliphatic carbocycles. The molecule has 196 valence electrons. The van der Waals surface area contributed by atoms with Gasteiger partial charge in [0.05, 0.1) is 12.0 Å². The first-order valence-electron chi connectivity index (χ1n) is 13.1. The van der Waals surface area contributed by atoms with E-state index in [1.807, 2.05) is 54.6 Å². The van der Waals surface area contributed by atoms with Gasteiger partial charge in [-0.25, -0.2) is 4.79 Å². The van der Waals surface area contributed by atoms with E-state index in [-0.39, 0.29) is 31.4 Å². The standard InChI is InChI=1S/C31H32N2O5/c34-28(33(20-29(35)36)19-22-10-2-1-3-11-22)18-31(16-8-9-17-31)32-30(37)38-21-27-25-14-6-4-12-23(25)24-13-5-7-15-26(24)27/h1-7,10-15,27H,8-9,16-21H2,(H,32,37)(H,35,36). The van der Waals surface area contributed by atoms with Crippen LogP contribution in [0.2, 0.25) is 0 Å². The first kappa shape index (κ1) is 25.5. The van der Waals surface area contributed by atoms with Crippen molar-refractivity contribution in [1.82, 2.24) is 10.2 Å². The van der Waals surface area contributed by atoms with Crippen LogP contribution in [0.25, 0.3) is 11.1 Å². The predicted molar refractivity (Wildman–Crippen MR) is 144 cm³/mol. The monoisotopic (exact) mass is 512 g/mol. The highest BCUT2D eigenvalue weighted by Crippen LogP contribution is 2.44. The molecule has 3 aromatic rings. The van der Waals surface area contributed by atoms with Crippen molar-refractivity contribution < 1.29 is 24.2 Å². The third-order valence-electron chi connectivity index (χ3n) is 7.66. The second-order valence-electron chi connectivity index (χ2n) is 10.2. The average Bonchev–Trinajstić information content (AvgIpc) is 3.50. The second kappa shape index (κ2) is 11.1. The van der Waals surface area contributed by atoms with E-state index < -0.39 is 24.1 Å². The molecule has 0 spiro atoms. The number of nitrogens with one attached hydrogen (secondary N) is 1. The normalized spacial score (nSPS) is 15.4. The Balaban J connectivity index is 1.25. The van der Waals surface area contributed by atoms with E-state index in [0.29, 0.717) is 12.8 Å². The van der Waals surface area contributed by atoms with Crippen molar-refractivity contribution in [2.75, 3.05) is 13.2 Å². The zero-order chi connectivity index (χ0) is 26.5. The summed E-state index contributed by atoms with van der Waals surface area (Å²) in [6.07, 6.45) is 2.56. The van der Waals surface area contributed by atoms with Gasteiger partial charge in [0.2, 0.25) is 5.91 Å². The number of carbonyl (C=O) groups excluding carboxylic acids is 2. The molecule has 1 saturated carbocycles. The molecule has 0 radical (unpaired) electrons. The van der Waals surface area contributed by atoms with E-state index in [1.54, 1.807) is 0 Å². The molecule has 0 heterocycles. The van der Waals surface area contributed by atoms with Crippen molar-refractivity contribution in [1.29, 1.82) is 0 Å². The zero-order valence-corrected chi connectivity index (χ0v) is 21.3. The Morgan fingerprint density at radius 1 is 0.868 bits per heavy atom. The van der Waals surface area contributed by atoms with Crippen LogP contribution >= 0.6 is 0 Å². The van der Waals surface area contributed by atoms with Crippen molar-refractivity contribution in [3.8, 4) is 11.1 Å². The Kier molecular flexibility index (Phi) is 7.45. The fourth-order valence-corrected chi connectivity index (χ4v) is 5.85. The maximum atomic E-state index is 13.3. The fraction of sp³-hybridized carbons (Fsp3) is 0.323. The minimum atomic E-state index is -1.07. The van der Waals surface area contributed by atoms with Crippen LogP contribution in [0.1, 0.15) is 54.7 Å². The van der Waals surface area contributed by atoms with Crippen LogP contribution in [0.3, 0.4) is 0 Å². The molecule has 2 N–H and O–H groups in total. The molecule has 2 amide bonds. The molecular formula is C31H32N2O5. The average molecular weight is 513 g/mol. The quantitative estimate of drug-likeness (QED) is 0.403. The topological polar surface area (TPSA) is 95.9 Å². The maximum Gasteiger partial charge on any atom is 0.407 e. The van der Waals surface area contributed by atoms with Crippen molar-refractivity contribution in [2.24, 2.45) is 0 Å². The number of aliphatic carboxylic acids is 1. The summed E-state index contributed by atoms with van der Waals surface area (Å²) in [7, 11) is 0. The second-order valence-corrected chi connectivity index (χ2v) is 10.2. The molecule has 7 heteroatoms. The lowest BCUT2D eigenvalue weighted by Gasteiger charge is -2.32. The molecule has 5 rings (SSSR count). The summed E-state index contributed by atoms with van der Waals surface area (Å²) in [4.78, 5) is 39.2. The molecule has 0 unspecified atom stereocenters. The predicted octanol–water partition coefficient (Wildman–Crippen LogP) is 5.34. The third kappa shape index (κ3) is 5.57. The highest BCUT2D eigenvalue weighted by molar-refractivity contribution is 5.83. The van der Waals surface area contributed by atoms with Crippen LogP contribution in [-0.4, -0.2) is 46.7 Å². The van der Waals surface area contributed by atoms with Gasteiger partial charge in [-0.3, -0.25) is 9.59 Å². The number of amides is 2. The van der Waals surface area contributed by atoms with Gasteiger partial charge in [0, 0.05) is 12.5 Å². The molecule has 0 aromatic heterocycles. The van der Waals surface area contributed by atoms with E-state index in [4.69, 9.17) is 4.74 Å². The first-order chi connectivity index (χ1) is 18.4. The van der Waals surface area contributed by atoms with Crippen LogP contribution in [0.15, 0.2) is 78.9 Å². The van der Waals surface area contributed by atoms with E-state index in [1.165, 1.54) is 4.90 Å². The highest BCUT2D eigenvalue weighted by Gasteiger charge is 2.40. The van der Waals surface area contributed by atoms with E-state index in [0.717, 1.165) is 40.7 Å². The Morgan fingerprint density at radius 2 is 1.45 bits per heavy atom. The summed E-state index contributed by atoms with van der Waals surface area (Å²) in [6, 6.07) is 25.7. The number of rotatable bonds is 9. The lowest BCUT2D eigenvalue weighted by atomic mass is 9.92. The van der Waals surface area contributed by atoms with Crippen LogP contribution in [0.4, 0.5) is 4.79 Å². The van der Waals surface area contributed by atoms with Gasteiger partial charge in [0.25, 0.3) is 0 Å². The number of carboxylic acids is 1. The third-order valence-corrected chi connectivity index (χ3v) is 7.66. The summed E-state index contributed by atoms with van der Waals surface area (Å²) in [5.41, 5.74) is 4.70. The van der Waals surface area contributed by atoms with Crippen LogP contribution in [-0.2, 0) is 20.9 Å². The number of nitrogens with zero attached hydrogens (tertiary/aromatic N) is 1. The summed E-state index contributed by atoms with van der Waals surface area (Å²) >= 11 is 0. The van der Waals surface area contributed by atoms with Crippen molar-refractivity contribution in [3.05, 3.63) is 95.6 Å². The summed E-state index contributed by atoms with van der Waals surface area (Å²) in [6.45, 7) is 0.00474. The van der Waals surface area contributed by atoms with Gasteiger partial charge in [-0.2, -0.15) is 0 Å². The Bertz CT molecular complexity index is 1270. The maximum absolute atomic E-state index is 13.3. The van der Waals surface area contributed by atoms with Gasteiger partial charge in [-0.1, -0.05) is 91.7 Å². The van der Waals surface area contributed by atoms with Gasteiger partial charge in [-0.05, 0) is 40.7 Å². The minimum absolute atomic E-state index is 0.0390.